The van der Waals surface area contributed by atoms with E-state index in [1.807, 2.05) is 4.90 Å². The summed E-state index contributed by atoms with van der Waals surface area (Å²) in [4.78, 5) is 27.5. The maximum atomic E-state index is 12.3. The van der Waals surface area contributed by atoms with Crippen LogP contribution >= 0.6 is 0 Å². The Hall–Kier alpha value is -1.10. The molecule has 0 aromatic carbocycles. The summed E-state index contributed by atoms with van der Waals surface area (Å²) in [5.41, 5.74) is 0. The normalized spacial score (nSPS) is 26.9. The van der Waals surface area contributed by atoms with Crippen molar-refractivity contribution in [2.45, 2.75) is 31.7 Å². The molecular weight excluding hydrogens is 220 g/mol. The molecule has 0 aliphatic carbocycles. The first-order valence-corrected chi connectivity index (χ1v) is 6.32. The molecule has 1 unspecified atom stereocenters. The molecule has 0 aromatic rings. The van der Waals surface area contributed by atoms with E-state index in [9.17, 15) is 9.59 Å². The molecule has 2 amide bonds. The van der Waals surface area contributed by atoms with Crippen LogP contribution in [0.5, 0.6) is 0 Å². The minimum absolute atomic E-state index is 0.0889. The Morgan fingerprint density at radius 3 is 2.71 bits per heavy atom. The highest BCUT2D eigenvalue weighted by Gasteiger charge is 2.32. The van der Waals surface area contributed by atoms with Gasteiger partial charge in [-0.3, -0.25) is 9.59 Å². The second-order valence-corrected chi connectivity index (χ2v) is 4.70. The third-order valence-electron chi connectivity index (χ3n) is 3.59. The summed E-state index contributed by atoms with van der Waals surface area (Å²) < 4.78 is 5.24. The molecule has 2 aliphatic heterocycles. The monoisotopic (exact) mass is 240 g/mol. The lowest BCUT2D eigenvalue weighted by atomic mass is 10.1. The molecule has 0 radical (unpaired) electrons. The van der Waals surface area contributed by atoms with E-state index in [1.54, 1.807) is 11.9 Å². The topological polar surface area (TPSA) is 49.9 Å². The van der Waals surface area contributed by atoms with Gasteiger partial charge in [0.2, 0.25) is 11.8 Å². The summed E-state index contributed by atoms with van der Waals surface area (Å²) in [7, 11) is 1.75. The number of ether oxygens (including phenoxy) is 1. The number of amides is 2. The van der Waals surface area contributed by atoms with Crippen LogP contribution in [0, 0.1) is 0 Å². The SMILES string of the molecule is CN1C(=O)CCCCC1C(=O)N1CCOCC1. The molecule has 0 bridgehead atoms. The second kappa shape index (κ2) is 5.49. The van der Waals surface area contributed by atoms with Gasteiger partial charge in [-0.2, -0.15) is 0 Å². The Morgan fingerprint density at radius 1 is 1.29 bits per heavy atom. The summed E-state index contributed by atoms with van der Waals surface area (Å²) in [6, 6.07) is -0.261. The molecule has 0 N–H and O–H groups in total. The highest BCUT2D eigenvalue weighted by Crippen LogP contribution is 2.18. The van der Waals surface area contributed by atoms with Gasteiger partial charge in [-0.05, 0) is 12.8 Å². The lowest BCUT2D eigenvalue weighted by Gasteiger charge is -2.33. The van der Waals surface area contributed by atoms with E-state index >= 15 is 0 Å². The fraction of sp³-hybridized carbons (Fsp3) is 0.833. The van der Waals surface area contributed by atoms with Gasteiger partial charge in [-0.15, -0.1) is 0 Å². The smallest absolute Gasteiger partial charge is 0.245 e. The van der Waals surface area contributed by atoms with Crippen LogP contribution in [-0.2, 0) is 14.3 Å². The number of nitrogens with zero attached hydrogens (tertiary/aromatic N) is 2. The van der Waals surface area contributed by atoms with E-state index in [0.29, 0.717) is 32.7 Å². The summed E-state index contributed by atoms with van der Waals surface area (Å²) in [5.74, 6) is 0.181. The van der Waals surface area contributed by atoms with E-state index in [2.05, 4.69) is 0 Å². The number of hydrogen-bond acceptors (Lipinski definition) is 3. The molecule has 5 nitrogen and oxygen atoms in total. The molecule has 2 heterocycles. The summed E-state index contributed by atoms with van der Waals surface area (Å²) in [5, 5.41) is 0. The Morgan fingerprint density at radius 2 is 2.00 bits per heavy atom. The number of hydrogen-bond donors (Lipinski definition) is 0. The van der Waals surface area contributed by atoms with E-state index in [4.69, 9.17) is 4.74 Å². The molecule has 5 heteroatoms. The minimum atomic E-state index is -0.261. The zero-order chi connectivity index (χ0) is 12.3. The number of morpholine rings is 1. The van der Waals surface area contributed by atoms with Gasteiger partial charge in [0, 0.05) is 26.6 Å². The Balaban J connectivity index is 2.02. The van der Waals surface area contributed by atoms with Crippen molar-refractivity contribution in [2.24, 2.45) is 0 Å². The largest absolute Gasteiger partial charge is 0.378 e. The van der Waals surface area contributed by atoms with Gasteiger partial charge in [0.15, 0.2) is 0 Å². The van der Waals surface area contributed by atoms with Gasteiger partial charge in [0.05, 0.1) is 13.2 Å². The molecule has 2 fully saturated rings. The molecule has 96 valence electrons. The quantitative estimate of drug-likeness (QED) is 0.660. The first-order chi connectivity index (χ1) is 8.20. The second-order valence-electron chi connectivity index (χ2n) is 4.70. The van der Waals surface area contributed by atoms with E-state index in [-0.39, 0.29) is 17.9 Å². The molecule has 2 saturated heterocycles. The van der Waals surface area contributed by atoms with Gasteiger partial charge in [0.1, 0.15) is 6.04 Å². The van der Waals surface area contributed by atoms with Crippen LogP contribution in [0.15, 0.2) is 0 Å². The predicted octanol–water partition coefficient (Wildman–Crippen LogP) is 0.246. The van der Waals surface area contributed by atoms with Gasteiger partial charge in [-0.25, -0.2) is 0 Å². The third-order valence-corrected chi connectivity index (χ3v) is 3.59. The zero-order valence-electron chi connectivity index (χ0n) is 10.4. The predicted molar refractivity (Wildman–Crippen MR) is 62.4 cm³/mol. The van der Waals surface area contributed by atoms with Gasteiger partial charge in [0.25, 0.3) is 0 Å². The van der Waals surface area contributed by atoms with Crippen molar-refractivity contribution in [3.63, 3.8) is 0 Å². The van der Waals surface area contributed by atoms with Crippen molar-refractivity contribution in [1.82, 2.24) is 9.80 Å². The molecular formula is C12H20N2O3. The van der Waals surface area contributed by atoms with E-state index < -0.39 is 0 Å². The Labute approximate surface area is 102 Å². The van der Waals surface area contributed by atoms with Crippen LogP contribution in [0.3, 0.4) is 0 Å². The van der Waals surface area contributed by atoms with Crippen LogP contribution in [0.25, 0.3) is 0 Å². The number of carbonyl (C=O) groups is 2. The minimum Gasteiger partial charge on any atom is -0.378 e. The van der Waals surface area contributed by atoms with Crippen LogP contribution in [0.2, 0.25) is 0 Å². The van der Waals surface area contributed by atoms with E-state index in [1.165, 1.54) is 0 Å². The van der Waals surface area contributed by atoms with Crippen LogP contribution in [0.4, 0.5) is 0 Å². The summed E-state index contributed by atoms with van der Waals surface area (Å²) in [6.07, 6.45) is 3.22. The first kappa shape index (κ1) is 12.4. The molecule has 17 heavy (non-hydrogen) atoms. The van der Waals surface area contributed by atoms with Crippen LogP contribution in [-0.4, -0.2) is 61.0 Å². The fourth-order valence-electron chi connectivity index (χ4n) is 2.44. The highest BCUT2D eigenvalue weighted by molar-refractivity contribution is 5.88. The van der Waals surface area contributed by atoms with Crippen LogP contribution in [0.1, 0.15) is 25.7 Å². The summed E-state index contributed by atoms with van der Waals surface area (Å²) in [6.45, 7) is 2.51. The highest BCUT2D eigenvalue weighted by atomic mass is 16.5. The van der Waals surface area contributed by atoms with E-state index in [0.717, 1.165) is 19.3 Å². The molecule has 2 rings (SSSR count). The lowest BCUT2D eigenvalue weighted by molar-refractivity contribution is -0.146. The average Bonchev–Trinajstić information content (AvgIpc) is 2.53. The maximum Gasteiger partial charge on any atom is 0.245 e. The zero-order valence-corrected chi connectivity index (χ0v) is 10.4. The first-order valence-electron chi connectivity index (χ1n) is 6.32. The van der Waals surface area contributed by atoms with Crippen LogP contribution < -0.4 is 0 Å². The number of likely N-dealkylation sites (tertiary alicyclic amines) is 1. The van der Waals surface area contributed by atoms with Crippen molar-refractivity contribution in [1.29, 1.82) is 0 Å². The van der Waals surface area contributed by atoms with Gasteiger partial charge in [-0.1, -0.05) is 6.42 Å². The number of carbonyl (C=O) groups excluding carboxylic acids is 2. The molecule has 2 aliphatic rings. The van der Waals surface area contributed by atoms with Crippen molar-refractivity contribution in [3.8, 4) is 0 Å². The van der Waals surface area contributed by atoms with Gasteiger partial charge < -0.3 is 14.5 Å². The Kier molecular flexibility index (Phi) is 3.99. The molecule has 1 atom stereocenters. The Bertz CT molecular complexity index is 300. The maximum absolute atomic E-state index is 12.3. The molecule has 0 aromatic heterocycles. The van der Waals surface area contributed by atoms with Crippen molar-refractivity contribution in [2.75, 3.05) is 33.4 Å². The average molecular weight is 240 g/mol. The summed E-state index contributed by atoms with van der Waals surface area (Å²) >= 11 is 0. The molecule has 0 spiro atoms. The lowest BCUT2D eigenvalue weighted by Crippen LogP contribution is -2.51. The third kappa shape index (κ3) is 2.77. The standard InChI is InChI=1S/C12H20N2O3/c1-13-10(4-2-3-5-11(13)15)12(16)14-6-8-17-9-7-14/h10H,2-9H2,1H3. The van der Waals surface area contributed by atoms with Gasteiger partial charge >= 0.3 is 0 Å². The van der Waals surface area contributed by atoms with Crippen molar-refractivity contribution in [3.05, 3.63) is 0 Å². The van der Waals surface area contributed by atoms with Crippen molar-refractivity contribution < 1.29 is 14.3 Å². The molecule has 0 saturated carbocycles. The fourth-order valence-corrected chi connectivity index (χ4v) is 2.44. The number of rotatable bonds is 1. The van der Waals surface area contributed by atoms with Crippen molar-refractivity contribution >= 4 is 11.8 Å². The number of likely N-dealkylation sites (N-methyl/N-ethyl adjacent to an activating group) is 1.